The molecular formula is C14H21N3O. The molecule has 1 aliphatic heterocycles. The molecule has 1 fully saturated rings. The summed E-state index contributed by atoms with van der Waals surface area (Å²) in [5, 5.41) is 7.37. The molecule has 0 aliphatic carbocycles. The Morgan fingerprint density at radius 2 is 2.17 bits per heavy atom. The summed E-state index contributed by atoms with van der Waals surface area (Å²) in [5.41, 5.74) is 7.37. The van der Waals surface area contributed by atoms with Crippen LogP contribution >= 0.6 is 0 Å². The molecule has 4 heteroatoms. The van der Waals surface area contributed by atoms with Gasteiger partial charge in [-0.15, -0.1) is 0 Å². The topological polar surface area (TPSA) is 62.3 Å². The van der Waals surface area contributed by atoms with E-state index in [4.69, 9.17) is 15.9 Å². The van der Waals surface area contributed by atoms with Gasteiger partial charge in [0.1, 0.15) is 5.84 Å². The average Bonchev–Trinajstić information content (AvgIpc) is 2.40. The van der Waals surface area contributed by atoms with Gasteiger partial charge in [0.25, 0.3) is 0 Å². The molecule has 18 heavy (non-hydrogen) atoms. The van der Waals surface area contributed by atoms with Crippen LogP contribution in [-0.2, 0) is 4.74 Å². The number of nitrogens with zero attached hydrogens (tertiary/aromatic N) is 1. The highest BCUT2D eigenvalue weighted by atomic mass is 16.5. The van der Waals surface area contributed by atoms with Crippen molar-refractivity contribution in [1.29, 1.82) is 5.41 Å². The number of nitrogen functional groups attached to an aromatic ring is 1. The molecule has 4 nitrogen and oxygen atoms in total. The lowest BCUT2D eigenvalue weighted by molar-refractivity contribution is 0.0576. The summed E-state index contributed by atoms with van der Waals surface area (Å²) in [4.78, 5) is 2.24. The number of benzene rings is 1. The van der Waals surface area contributed by atoms with Crippen molar-refractivity contribution in [3.63, 3.8) is 0 Å². The quantitative estimate of drug-likeness (QED) is 0.630. The first kappa shape index (κ1) is 12.9. The number of amidine groups is 1. The Kier molecular flexibility index (Phi) is 4.20. The minimum Gasteiger partial charge on any atom is -0.384 e. The number of nitrogens with two attached hydrogens (primary N) is 1. The van der Waals surface area contributed by atoms with Crippen LogP contribution in [0.3, 0.4) is 0 Å². The summed E-state index contributed by atoms with van der Waals surface area (Å²) in [7, 11) is 2.09. The van der Waals surface area contributed by atoms with Crippen molar-refractivity contribution < 1.29 is 4.74 Å². The molecule has 2 rings (SSSR count). The van der Waals surface area contributed by atoms with Crippen molar-refractivity contribution in [2.24, 2.45) is 11.7 Å². The molecule has 1 unspecified atom stereocenters. The van der Waals surface area contributed by atoms with E-state index in [0.717, 1.165) is 31.0 Å². The second-order valence-corrected chi connectivity index (χ2v) is 4.92. The van der Waals surface area contributed by atoms with Gasteiger partial charge < -0.3 is 15.4 Å². The van der Waals surface area contributed by atoms with Crippen LogP contribution in [0.2, 0.25) is 0 Å². The molecule has 1 aliphatic rings. The largest absolute Gasteiger partial charge is 0.384 e. The van der Waals surface area contributed by atoms with Crippen LogP contribution in [0.5, 0.6) is 0 Å². The molecule has 1 saturated heterocycles. The van der Waals surface area contributed by atoms with Crippen LogP contribution in [-0.4, -0.2) is 32.6 Å². The fraction of sp³-hybridized carbons (Fsp3) is 0.500. The average molecular weight is 247 g/mol. The Bertz CT molecular complexity index is 396. The molecule has 0 spiro atoms. The van der Waals surface area contributed by atoms with E-state index in [1.807, 2.05) is 24.3 Å². The van der Waals surface area contributed by atoms with Gasteiger partial charge in [-0.05, 0) is 43.0 Å². The number of nitrogens with one attached hydrogen (secondary N) is 1. The summed E-state index contributed by atoms with van der Waals surface area (Å²) < 4.78 is 5.50. The lowest BCUT2D eigenvalue weighted by Gasteiger charge is -2.28. The molecule has 98 valence electrons. The van der Waals surface area contributed by atoms with Gasteiger partial charge in [0.2, 0.25) is 0 Å². The summed E-state index contributed by atoms with van der Waals surface area (Å²) >= 11 is 0. The van der Waals surface area contributed by atoms with E-state index in [0.29, 0.717) is 5.92 Å². The summed E-state index contributed by atoms with van der Waals surface area (Å²) in [6, 6.07) is 7.82. The van der Waals surface area contributed by atoms with Crippen molar-refractivity contribution in [3.8, 4) is 0 Å². The molecule has 0 radical (unpaired) electrons. The molecule has 1 atom stereocenters. The minimum atomic E-state index is 0.116. The van der Waals surface area contributed by atoms with Crippen molar-refractivity contribution >= 4 is 11.5 Å². The monoisotopic (exact) mass is 247 g/mol. The third-order valence-electron chi connectivity index (χ3n) is 3.41. The van der Waals surface area contributed by atoms with Crippen molar-refractivity contribution in [2.75, 3.05) is 31.7 Å². The molecule has 1 heterocycles. The molecule has 0 amide bonds. The SMILES string of the molecule is CN(CC1CCCOC1)c1ccc(C(=N)N)cc1. The van der Waals surface area contributed by atoms with Gasteiger partial charge in [0.15, 0.2) is 0 Å². The van der Waals surface area contributed by atoms with Crippen LogP contribution in [0, 0.1) is 11.3 Å². The Morgan fingerprint density at radius 3 is 2.72 bits per heavy atom. The number of ether oxygens (including phenoxy) is 1. The lowest BCUT2D eigenvalue weighted by atomic mass is 10.0. The maximum absolute atomic E-state index is 7.37. The Morgan fingerprint density at radius 1 is 1.44 bits per heavy atom. The summed E-state index contributed by atoms with van der Waals surface area (Å²) in [6.45, 7) is 2.79. The van der Waals surface area contributed by atoms with Gasteiger partial charge in [0.05, 0.1) is 6.61 Å². The van der Waals surface area contributed by atoms with Gasteiger partial charge in [-0.3, -0.25) is 5.41 Å². The van der Waals surface area contributed by atoms with Crippen LogP contribution in [0.15, 0.2) is 24.3 Å². The minimum absolute atomic E-state index is 0.116. The zero-order valence-electron chi connectivity index (χ0n) is 10.9. The van der Waals surface area contributed by atoms with Crippen LogP contribution in [0.25, 0.3) is 0 Å². The molecule has 0 aromatic heterocycles. The standard InChI is InChI=1S/C14H21N3O/c1-17(9-11-3-2-8-18-10-11)13-6-4-12(5-7-13)14(15)16/h4-7,11H,2-3,8-10H2,1H3,(H3,15,16). The van der Waals surface area contributed by atoms with Crippen LogP contribution in [0.4, 0.5) is 5.69 Å². The predicted molar refractivity (Wildman–Crippen MR) is 74.3 cm³/mol. The van der Waals surface area contributed by atoms with Crippen LogP contribution in [0.1, 0.15) is 18.4 Å². The van der Waals surface area contributed by atoms with Crippen LogP contribution < -0.4 is 10.6 Å². The first-order chi connectivity index (χ1) is 8.66. The number of anilines is 1. The van der Waals surface area contributed by atoms with Crippen molar-refractivity contribution in [1.82, 2.24) is 0 Å². The first-order valence-corrected chi connectivity index (χ1v) is 6.40. The Labute approximate surface area is 108 Å². The van der Waals surface area contributed by atoms with Gasteiger partial charge in [-0.1, -0.05) is 0 Å². The number of hydrogen-bond donors (Lipinski definition) is 2. The van der Waals surface area contributed by atoms with E-state index < -0.39 is 0 Å². The molecular weight excluding hydrogens is 226 g/mol. The summed E-state index contributed by atoms with van der Waals surface area (Å²) in [5.74, 6) is 0.737. The van der Waals surface area contributed by atoms with Crippen molar-refractivity contribution in [3.05, 3.63) is 29.8 Å². The highest BCUT2D eigenvalue weighted by molar-refractivity contribution is 5.95. The van der Waals surface area contributed by atoms with E-state index in [1.165, 1.54) is 12.8 Å². The molecule has 3 N–H and O–H groups in total. The highest BCUT2D eigenvalue weighted by Crippen LogP contribution is 2.19. The third-order valence-corrected chi connectivity index (χ3v) is 3.41. The lowest BCUT2D eigenvalue weighted by Crippen LogP contribution is -2.30. The molecule has 0 bridgehead atoms. The Hall–Kier alpha value is -1.55. The van der Waals surface area contributed by atoms with Gasteiger partial charge in [0, 0.05) is 31.5 Å². The fourth-order valence-electron chi connectivity index (χ4n) is 2.34. The van der Waals surface area contributed by atoms with E-state index in [2.05, 4.69) is 11.9 Å². The maximum Gasteiger partial charge on any atom is 0.122 e. The van der Waals surface area contributed by atoms with E-state index in [-0.39, 0.29) is 5.84 Å². The summed E-state index contributed by atoms with van der Waals surface area (Å²) in [6.07, 6.45) is 2.41. The molecule has 0 saturated carbocycles. The number of rotatable bonds is 4. The third kappa shape index (κ3) is 3.23. The maximum atomic E-state index is 7.37. The molecule has 1 aromatic rings. The predicted octanol–water partition coefficient (Wildman–Crippen LogP) is 1.83. The molecule has 1 aromatic carbocycles. The second kappa shape index (κ2) is 5.87. The second-order valence-electron chi connectivity index (χ2n) is 4.92. The van der Waals surface area contributed by atoms with Crippen molar-refractivity contribution in [2.45, 2.75) is 12.8 Å². The van der Waals surface area contributed by atoms with Gasteiger partial charge >= 0.3 is 0 Å². The first-order valence-electron chi connectivity index (χ1n) is 6.40. The zero-order valence-corrected chi connectivity index (χ0v) is 10.9. The zero-order chi connectivity index (χ0) is 13.0. The van der Waals surface area contributed by atoms with E-state index in [9.17, 15) is 0 Å². The van der Waals surface area contributed by atoms with E-state index in [1.54, 1.807) is 0 Å². The van der Waals surface area contributed by atoms with Gasteiger partial charge in [-0.25, -0.2) is 0 Å². The highest BCUT2D eigenvalue weighted by Gasteiger charge is 2.16. The normalized spacial score (nSPS) is 19.5. The van der Waals surface area contributed by atoms with Gasteiger partial charge in [-0.2, -0.15) is 0 Å². The number of hydrogen-bond acceptors (Lipinski definition) is 3. The fourth-order valence-corrected chi connectivity index (χ4v) is 2.34. The smallest absolute Gasteiger partial charge is 0.122 e. The Balaban J connectivity index is 1.95. The van der Waals surface area contributed by atoms with E-state index >= 15 is 0 Å².